The van der Waals surface area contributed by atoms with Gasteiger partial charge in [0.25, 0.3) is 5.56 Å². The zero-order valence-electron chi connectivity index (χ0n) is 15.4. The molecule has 6 rings (SSSR count). The third kappa shape index (κ3) is 1.91. The lowest BCUT2D eigenvalue weighted by Gasteiger charge is -2.22. The van der Waals surface area contributed by atoms with E-state index in [1.165, 1.54) is 0 Å². The van der Waals surface area contributed by atoms with Crippen LogP contribution in [-0.2, 0) is 7.05 Å². The maximum Gasteiger partial charge on any atom is 0.251 e. The average Bonchev–Trinajstić information content (AvgIpc) is 2.74. The Bertz CT molecular complexity index is 1670. The predicted octanol–water partition coefficient (Wildman–Crippen LogP) is 3.74. The van der Waals surface area contributed by atoms with Gasteiger partial charge in [0.05, 0.1) is 16.6 Å². The molecule has 0 atom stereocenters. The number of para-hydroxylation sites is 1. The van der Waals surface area contributed by atoms with Crippen molar-refractivity contribution >= 4 is 38.5 Å². The fraction of sp³-hybridized carbons (Fsp3) is 0.0417. The van der Waals surface area contributed by atoms with Gasteiger partial charge in [0, 0.05) is 40.4 Å². The van der Waals surface area contributed by atoms with Gasteiger partial charge in [0.15, 0.2) is 11.2 Å². The van der Waals surface area contributed by atoms with Crippen LogP contribution in [-0.4, -0.2) is 15.3 Å². The third-order valence-electron chi connectivity index (χ3n) is 5.91. The second-order valence-electron chi connectivity index (χ2n) is 7.39. The van der Waals surface area contributed by atoms with Crippen LogP contribution < -0.4 is 11.0 Å². The fourth-order valence-electron chi connectivity index (χ4n) is 4.50. The van der Waals surface area contributed by atoms with Gasteiger partial charge >= 0.3 is 0 Å². The predicted molar refractivity (Wildman–Crippen MR) is 114 cm³/mol. The van der Waals surface area contributed by atoms with Gasteiger partial charge in [0.1, 0.15) is 0 Å². The van der Waals surface area contributed by atoms with Crippen molar-refractivity contribution in [2.75, 3.05) is 0 Å². The summed E-state index contributed by atoms with van der Waals surface area (Å²) in [6.07, 6.45) is 0. The van der Waals surface area contributed by atoms with Crippen molar-refractivity contribution in [3.05, 3.63) is 92.4 Å². The van der Waals surface area contributed by atoms with Gasteiger partial charge < -0.3 is 9.55 Å². The van der Waals surface area contributed by atoms with Crippen LogP contribution in [0.2, 0.25) is 0 Å². The first-order chi connectivity index (χ1) is 14.1. The molecule has 0 spiro atoms. The Morgan fingerprint density at radius 1 is 0.793 bits per heavy atom. The molecular weight excluding hydrogens is 364 g/mol. The molecule has 5 aromatic rings. The molecule has 2 heterocycles. The number of carbonyl (C=O) groups is 1. The molecule has 1 aliphatic rings. The quantitative estimate of drug-likeness (QED) is 0.409. The van der Waals surface area contributed by atoms with Crippen molar-refractivity contribution in [2.24, 2.45) is 7.05 Å². The summed E-state index contributed by atoms with van der Waals surface area (Å²) >= 11 is 0. The van der Waals surface area contributed by atoms with Crippen molar-refractivity contribution in [3.8, 4) is 11.1 Å². The first kappa shape index (κ1) is 16.0. The lowest BCUT2D eigenvalue weighted by Crippen LogP contribution is -2.21. The fourth-order valence-corrected chi connectivity index (χ4v) is 4.50. The molecule has 0 unspecified atom stereocenters. The molecule has 1 aliphatic carbocycles. The number of fused-ring (bicyclic) bond motifs is 5. The molecule has 0 fully saturated rings. The van der Waals surface area contributed by atoms with E-state index < -0.39 is 0 Å². The number of benzene rings is 3. The van der Waals surface area contributed by atoms with Crippen LogP contribution in [0, 0.1) is 0 Å². The van der Waals surface area contributed by atoms with Crippen LogP contribution in [0.15, 0.2) is 70.3 Å². The van der Waals surface area contributed by atoms with E-state index in [0.717, 1.165) is 16.5 Å². The minimum atomic E-state index is -0.145. The van der Waals surface area contributed by atoms with Gasteiger partial charge in [-0.3, -0.25) is 14.4 Å². The molecule has 3 aromatic carbocycles. The summed E-state index contributed by atoms with van der Waals surface area (Å²) in [7, 11) is 1.70. The Hall–Kier alpha value is -3.99. The second kappa shape index (κ2) is 5.29. The largest absolute Gasteiger partial charge is 0.354 e. The molecule has 0 aliphatic heterocycles. The first-order valence-corrected chi connectivity index (χ1v) is 9.32. The number of H-pyrrole nitrogens is 1. The highest BCUT2D eigenvalue weighted by molar-refractivity contribution is 6.29. The number of nitrogens with zero attached hydrogens (tertiary/aromatic N) is 1. The molecule has 0 bridgehead atoms. The summed E-state index contributed by atoms with van der Waals surface area (Å²) in [5.74, 6) is -0.145. The topological polar surface area (TPSA) is 71.9 Å². The van der Waals surface area contributed by atoms with Crippen molar-refractivity contribution in [1.29, 1.82) is 0 Å². The van der Waals surface area contributed by atoms with Crippen LogP contribution >= 0.6 is 0 Å². The third-order valence-corrected chi connectivity index (χ3v) is 5.91. The van der Waals surface area contributed by atoms with Gasteiger partial charge in [-0.2, -0.15) is 0 Å². The summed E-state index contributed by atoms with van der Waals surface area (Å²) in [5.41, 5.74) is 4.05. The second-order valence-corrected chi connectivity index (χ2v) is 7.39. The molecule has 0 amide bonds. The van der Waals surface area contributed by atoms with Crippen LogP contribution in [0.1, 0.15) is 15.9 Å². The lowest BCUT2D eigenvalue weighted by atomic mass is 9.82. The Kier molecular flexibility index (Phi) is 2.92. The molecule has 2 aromatic heterocycles. The molecule has 138 valence electrons. The zero-order chi connectivity index (χ0) is 19.9. The Morgan fingerprint density at radius 3 is 2.48 bits per heavy atom. The zero-order valence-corrected chi connectivity index (χ0v) is 15.4. The van der Waals surface area contributed by atoms with Gasteiger partial charge in [-0.05, 0) is 35.4 Å². The van der Waals surface area contributed by atoms with E-state index in [1.807, 2.05) is 24.3 Å². The molecule has 0 saturated carbocycles. The normalized spacial score (nSPS) is 12.7. The highest BCUT2D eigenvalue weighted by Gasteiger charge is 2.29. The molecule has 5 nitrogen and oxygen atoms in total. The number of nitrogens with one attached hydrogen (secondary N) is 1. The number of ketones is 1. The van der Waals surface area contributed by atoms with Crippen molar-refractivity contribution in [2.45, 2.75) is 0 Å². The highest BCUT2D eigenvalue weighted by atomic mass is 16.1. The number of hydrogen-bond donors (Lipinski definition) is 1. The van der Waals surface area contributed by atoms with Gasteiger partial charge in [-0.1, -0.05) is 30.3 Å². The minimum Gasteiger partial charge on any atom is -0.354 e. The molecule has 0 radical (unpaired) electrons. The molecule has 1 N–H and O–H groups in total. The summed E-state index contributed by atoms with van der Waals surface area (Å²) < 4.78 is 1.55. The lowest BCUT2D eigenvalue weighted by molar-refractivity contribution is 0.104. The van der Waals surface area contributed by atoms with E-state index in [0.29, 0.717) is 38.5 Å². The monoisotopic (exact) mass is 378 g/mol. The number of aryl methyl sites for hydroxylation is 1. The van der Waals surface area contributed by atoms with Crippen LogP contribution in [0.25, 0.3) is 43.8 Å². The maximum absolute atomic E-state index is 13.5. The molecule has 5 heteroatoms. The number of carbonyl (C=O) groups excluding carboxylic acids is 1. The number of rotatable bonds is 0. The van der Waals surface area contributed by atoms with E-state index in [-0.39, 0.29) is 16.8 Å². The summed E-state index contributed by atoms with van der Waals surface area (Å²) in [5, 5.41) is 1.82. The van der Waals surface area contributed by atoms with E-state index in [9.17, 15) is 14.4 Å². The number of pyridine rings is 2. The van der Waals surface area contributed by atoms with Crippen LogP contribution in [0.3, 0.4) is 0 Å². The minimum absolute atomic E-state index is 0.113. The van der Waals surface area contributed by atoms with E-state index in [4.69, 9.17) is 0 Å². The van der Waals surface area contributed by atoms with Crippen molar-refractivity contribution in [1.82, 2.24) is 9.55 Å². The Balaban J connectivity index is 1.87. The molecular formula is C24H14N2O3. The summed E-state index contributed by atoms with van der Waals surface area (Å²) in [6.45, 7) is 0. The molecule has 0 saturated heterocycles. The van der Waals surface area contributed by atoms with Crippen molar-refractivity contribution < 1.29 is 4.79 Å². The smallest absolute Gasteiger partial charge is 0.251 e. The number of aromatic amines is 1. The van der Waals surface area contributed by atoms with Crippen LogP contribution in [0.4, 0.5) is 0 Å². The van der Waals surface area contributed by atoms with Gasteiger partial charge in [0.2, 0.25) is 0 Å². The number of aromatic nitrogens is 2. The number of hydrogen-bond acceptors (Lipinski definition) is 3. The van der Waals surface area contributed by atoms with E-state index >= 15 is 0 Å². The first-order valence-electron chi connectivity index (χ1n) is 9.32. The van der Waals surface area contributed by atoms with E-state index in [1.54, 1.807) is 48.0 Å². The van der Waals surface area contributed by atoms with Crippen LogP contribution in [0.5, 0.6) is 0 Å². The van der Waals surface area contributed by atoms with Gasteiger partial charge in [-0.25, -0.2) is 0 Å². The maximum atomic E-state index is 13.5. The highest BCUT2D eigenvalue weighted by Crippen LogP contribution is 2.40. The standard InChI is InChI=1S/C24H14N2O3/c1-26-18-8-4-6-14-20(18)16(11-19(26)27)12-9-10-15-22(21(12)24(14)29)25-17-7-3-2-5-13(17)23(15)28/h2-11H,1H3,(H,25,28). The summed E-state index contributed by atoms with van der Waals surface area (Å²) in [4.78, 5) is 42.4. The average molecular weight is 378 g/mol. The molecule has 29 heavy (non-hydrogen) atoms. The Labute approximate surface area is 163 Å². The SMILES string of the molecule is Cn1c(=O)cc2c3c(cccc31)C(=O)c1c-2ccc2c(=O)c3ccccc3[nH]c12. The van der Waals surface area contributed by atoms with Crippen molar-refractivity contribution in [3.63, 3.8) is 0 Å². The van der Waals surface area contributed by atoms with Gasteiger partial charge in [-0.15, -0.1) is 0 Å². The van der Waals surface area contributed by atoms with E-state index in [2.05, 4.69) is 4.98 Å². The Morgan fingerprint density at radius 2 is 1.62 bits per heavy atom. The summed E-state index contributed by atoms with van der Waals surface area (Å²) in [6, 6.07) is 17.8.